The van der Waals surface area contributed by atoms with E-state index in [1.165, 1.54) is 29.4 Å². The van der Waals surface area contributed by atoms with E-state index in [2.05, 4.69) is 31.2 Å². The summed E-state index contributed by atoms with van der Waals surface area (Å²) in [5.41, 5.74) is 0.754. The zero-order valence-corrected chi connectivity index (χ0v) is 27.6. The van der Waals surface area contributed by atoms with Gasteiger partial charge >= 0.3 is 0 Å². The fourth-order valence-corrected chi connectivity index (χ4v) is 5.26. The Bertz CT molecular complexity index is 1580. The number of nitrogens with zero attached hydrogens (tertiary/aromatic N) is 3. The Kier molecular flexibility index (Phi) is 11.4. The Morgan fingerprint density at radius 1 is 1.15 bits per heavy atom. The molecule has 3 amide bonds. The molecule has 1 aliphatic rings. The molecule has 1 unspecified atom stereocenters. The maximum atomic E-state index is 13.9. The summed E-state index contributed by atoms with van der Waals surface area (Å²) in [6, 6.07) is 5.45. The number of anilines is 3. The molecule has 0 aliphatic carbocycles. The highest BCUT2D eigenvalue weighted by atomic mass is 35.5. The molecule has 248 valence electrons. The highest BCUT2D eigenvalue weighted by Gasteiger charge is 2.42. The SMILES string of the molecule is CN[C@@H](C)C(=O)N[C@H](C(=O)N1CCCC1C(=O)Nc1cc2c(Nc3ccc(F)c(Cl)c3)ncnc2cc1OCCOC)C(C)(C)C. The lowest BCUT2D eigenvalue weighted by molar-refractivity contribution is -0.143. The summed E-state index contributed by atoms with van der Waals surface area (Å²) in [7, 11) is 3.22. The maximum absolute atomic E-state index is 13.9. The van der Waals surface area contributed by atoms with Crippen LogP contribution < -0.4 is 26.0 Å². The van der Waals surface area contributed by atoms with E-state index in [0.717, 1.165) is 0 Å². The molecule has 4 rings (SSSR count). The Hall–Kier alpha value is -4.07. The summed E-state index contributed by atoms with van der Waals surface area (Å²) in [4.78, 5) is 50.8. The smallest absolute Gasteiger partial charge is 0.247 e. The highest BCUT2D eigenvalue weighted by molar-refractivity contribution is 6.31. The van der Waals surface area contributed by atoms with Crippen molar-refractivity contribution in [2.24, 2.45) is 5.41 Å². The van der Waals surface area contributed by atoms with Gasteiger partial charge in [-0.15, -0.1) is 0 Å². The summed E-state index contributed by atoms with van der Waals surface area (Å²) in [5.74, 6) is -0.839. The Labute approximate surface area is 272 Å². The zero-order valence-electron chi connectivity index (χ0n) is 26.9. The predicted octanol–water partition coefficient (Wildman–Crippen LogP) is 4.26. The third-order valence-electron chi connectivity index (χ3n) is 7.79. The number of likely N-dealkylation sites (tertiary alicyclic amines) is 1. The van der Waals surface area contributed by atoms with Crippen molar-refractivity contribution in [2.45, 2.75) is 58.7 Å². The number of fused-ring (bicyclic) bond motifs is 1. The van der Waals surface area contributed by atoms with Crippen molar-refractivity contribution in [1.29, 1.82) is 0 Å². The molecule has 2 heterocycles. The van der Waals surface area contributed by atoms with Crippen LogP contribution in [0.3, 0.4) is 0 Å². The topological polar surface area (TPSA) is 147 Å². The Morgan fingerprint density at radius 2 is 1.91 bits per heavy atom. The lowest BCUT2D eigenvalue weighted by Crippen LogP contribution is -2.59. The number of nitrogens with one attached hydrogen (secondary N) is 4. The average Bonchev–Trinajstić information content (AvgIpc) is 3.51. The van der Waals surface area contributed by atoms with Crippen molar-refractivity contribution in [2.75, 3.05) is 44.5 Å². The van der Waals surface area contributed by atoms with Crippen LogP contribution in [0, 0.1) is 11.2 Å². The summed E-state index contributed by atoms with van der Waals surface area (Å²) < 4.78 is 24.8. The molecule has 3 aromatic rings. The molecule has 0 spiro atoms. The minimum absolute atomic E-state index is 0.0504. The van der Waals surface area contributed by atoms with Crippen molar-refractivity contribution < 1.29 is 28.2 Å². The first-order valence-corrected chi connectivity index (χ1v) is 15.4. The van der Waals surface area contributed by atoms with Crippen molar-refractivity contribution in [3.8, 4) is 5.75 Å². The Balaban J connectivity index is 1.64. The Morgan fingerprint density at radius 3 is 2.59 bits per heavy atom. The number of hydrogen-bond donors (Lipinski definition) is 4. The quantitative estimate of drug-likeness (QED) is 0.210. The number of rotatable bonds is 12. The molecule has 1 aliphatic heterocycles. The van der Waals surface area contributed by atoms with Crippen LogP contribution in [0.15, 0.2) is 36.7 Å². The van der Waals surface area contributed by atoms with Gasteiger partial charge in [0.25, 0.3) is 0 Å². The van der Waals surface area contributed by atoms with Crippen molar-refractivity contribution >= 4 is 57.4 Å². The fourth-order valence-electron chi connectivity index (χ4n) is 5.08. The van der Waals surface area contributed by atoms with Crippen molar-refractivity contribution in [3.05, 3.63) is 47.5 Å². The summed E-state index contributed by atoms with van der Waals surface area (Å²) in [6.07, 6.45) is 2.44. The number of likely N-dealkylation sites (N-methyl/N-ethyl adjacent to an activating group) is 1. The normalized spacial score (nSPS) is 16.2. The van der Waals surface area contributed by atoms with Gasteiger partial charge in [-0.1, -0.05) is 32.4 Å². The molecule has 0 saturated carbocycles. The van der Waals surface area contributed by atoms with Crippen LogP contribution in [0.4, 0.5) is 21.6 Å². The molecular formula is C32H41ClFN7O5. The minimum Gasteiger partial charge on any atom is -0.489 e. The maximum Gasteiger partial charge on any atom is 0.247 e. The van der Waals surface area contributed by atoms with E-state index in [9.17, 15) is 18.8 Å². The standard InChI is InChI=1S/C32H41ClFN7O5/c1-18(35-5)29(42)40-27(32(2,3)4)31(44)41-11-7-8-25(41)30(43)39-24-15-20-23(16-26(24)46-13-12-45-6)36-17-37-28(20)38-19-9-10-22(34)21(33)14-19/h9-10,14-18,25,27,35H,7-8,11-13H2,1-6H3,(H,39,43)(H,40,42)(H,36,37,38)/t18-,25?,27+/m0/s1. The molecule has 0 radical (unpaired) electrons. The molecule has 1 fully saturated rings. The lowest BCUT2D eigenvalue weighted by atomic mass is 9.85. The molecule has 0 bridgehead atoms. The van der Waals surface area contributed by atoms with Crippen LogP contribution in [0.2, 0.25) is 5.02 Å². The highest BCUT2D eigenvalue weighted by Crippen LogP contribution is 2.35. The van der Waals surface area contributed by atoms with Crippen LogP contribution in [0.1, 0.15) is 40.5 Å². The van der Waals surface area contributed by atoms with E-state index >= 15 is 0 Å². The van der Waals surface area contributed by atoms with Gasteiger partial charge in [-0.3, -0.25) is 14.4 Å². The average molecular weight is 658 g/mol. The van der Waals surface area contributed by atoms with Gasteiger partial charge in [0.05, 0.1) is 28.9 Å². The molecule has 12 nitrogen and oxygen atoms in total. The van der Waals surface area contributed by atoms with Crippen LogP contribution in [-0.2, 0) is 19.1 Å². The van der Waals surface area contributed by atoms with Gasteiger partial charge in [0.15, 0.2) is 0 Å². The third-order valence-corrected chi connectivity index (χ3v) is 8.08. The number of amides is 3. The molecule has 4 N–H and O–H groups in total. The predicted molar refractivity (Wildman–Crippen MR) is 175 cm³/mol. The van der Waals surface area contributed by atoms with E-state index in [1.54, 1.807) is 33.2 Å². The number of hydrogen-bond acceptors (Lipinski definition) is 9. The van der Waals surface area contributed by atoms with Gasteiger partial charge in [0.1, 0.15) is 42.4 Å². The number of carbonyl (C=O) groups excluding carboxylic acids is 3. The number of benzene rings is 2. The van der Waals surface area contributed by atoms with Gasteiger partial charge in [0, 0.05) is 30.8 Å². The van der Waals surface area contributed by atoms with Gasteiger partial charge < -0.3 is 35.6 Å². The zero-order chi connectivity index (χ0) is 33.6. The van der Waals surface area contributed by atoms with E-state index in [0.29, 0.717) is 59.8 Å². The number of aromatic nitrogens is 2. The monoisotopic (exact) mass is 657 g/mol. The lowest BCUT2D eigenvalue weighted by Gasteiger charge is -2.36. The molecule has 2 aromatic carbocycles. The molecule has 1 aromatic heterocycles. The third kappa shape index (κ3) is 8.20. The largest absolute Gasteiger partial charge is 0.489 e. The first-order chi connectivity index (χ1) is 21.8. The van der Waals surface area contributed by atoms with E-state index in [-0.39, 0.29) is 23.4 Å². The van der Waals surface area contributed by atoms with E-state index in [1.807, 2.05) is 20.8 Å². The van der Waals surface area contributed by atoms with Gasteiger partial charge in [-0.25, -0.2) is 14.4 Å². The van der Waals surface area contributed by atoms with Crippen molar-refractivity contribution in [1.82, 2.24) is 25.5 Å². The van der Waals surface area contributed by atoms with Gasteiger partial charge in [0.2, 0.25) is 17.7 Å². The van der Waals surface area contributed by atoms with Crippen molar-refractivity contribution in [3.63, 3.8) is 0 Å². The van der Waals surface area contributed by atoms with Crippen LogP contribution in [-0.4, -0.2) is 84.6 Å². The summed E-state index contributed by atoms with van der Waals surface area (Å²) in [5, 5.41) is 12.4. The number of halogens is 2. The minimum atomic E-state index is -0.844. The second kappa shape index (κ2) is 15.0. The van der Waals surface area contributed by atoms with Crippen LogP contribution in [0.5, 0.6) is 5.75 Å². The van der Waals surface area contributed by atoms with E-state index in [4.69, 9.17) is 21.1 Å². The summed E-state index contributed by atoms with van der Waals surface area (Å²) in [6.45, 7) is 8.22. The fraction of sp³-hybridized carbons (Fsp3) is 0.469. The molecule has 1 saturated heterocycles. The van der Waals surface area contributed by atoms with Crippen LogP contribution in [0.25, 0.3) is 10.9 Å². The first-order valence-electron chi connectivity index (χ1n) is 15.1. The second-order valence-electron chi connectivity index (χ2n) is 12.2. The van der Waals surface area contributed by atoms with Gasteiger partial charge in [-0.05, 0) is 56.5 Å². The summed E-state index contributed by atoms with van der Waals surface area (Å²) >= 11 is 5.97. The van der Waals surface area contributed by atoms with E-state index < -0.39 is 35.3 Å². The van der Waals surface area contributed by atoms with Crippen LogP contribution >= 0.6 is 11.6 Å². The first kappa shape index (κ1) is 34.8. The number of methoxy groups -OCH3 is 1. The second-order valence-corrected chi connectivity index (χ2v) is 12.6. The number of ether oxygens (including phenoxy) is 2. The molecule has 3 atom stereocenters. The molecule has 14 heteroatoms. The molecular weight excluding hydrogens is 617 g/mol. The molecule has 46 heavy (non-hydrogen) atoms. The number of carbonyl (C=O) groups is 3. The van der Waals surface area contributed by atoms with Gasteiger partial charge in [-0.2, -0.15) is 0 Å².